The highest BCUT2D eigenvalue weighted by Crippen LogP contribution is 2.32. The number of rotatable bonds is 1. The van der Waals surface area contributed by atoms with Crippen LogP contribution in [0.2, 0.25) is 5.02 Å². The maximum Gasteiger partial charge on any atom is 0.124 e. The zero-order valence-corrected chi connectivity index (χ0v) is 11.3. The van der Waals surface area contributed by atoms with E-state index in [0.717, 1.165) is 37.1 Å². The van der Waals surface area contributed by atoms with E-state index >= 15 is 0 Å². The number of anilines is 1. The molecule has 3 rings (SSSR count). The first-order valence-electron chi connectivity index (χ1n) is 5.56. The van der Waals surface area contributed by atoms with Gasteiger partial charge in [0.15, 0.2) is 0 Å². The highest BCUT2D eigenvalue weighted by Gasteiger charge is 2.07. The average molecular weight is 275 g/mol. The van der Waals surface area contributed by atoms with Gasteiger partial charge in [-0.1, -0.05) is 17.7 Å². The number of aryl methyl sites for hydroxylation is 1. The van der Waals surface area contributed by atoms with Gasteiger partial charge in [0.2, 0.25) is 0 Å². The summed E-state index contributed by atoms with van der Waals surface area (Å²) in [5.74, 6) is 0. The Hall–Kier alpha value is -1.58. The minimum absolute atomic E-state index is 0.769. The lowest BCUT2D eigenvalue weighted by molar-refractivity contribution is 1.43. The molecule has 18 heavy (non-hydrogen) atoms. The molecule has 0 aliphatic rings. The normalized spacial score (nSPS) is 11.0. The first-order valence-corrected chi connectivity index (χ1v) is 6.75. The van der Waals surface area contributed by atoms with Crippen molar-refractivity contribution in [3.63, 3.8) is 0 Å². The maximum absolute atomic E-state index is 6.03. The molecule has 0 saturated heterocycles. The highest BCUT2D eigenvalue weighted by molar-refractivity contribution is 7.21. The summed E-state index contributed by atoms with van der Waals surface area (Å²) >= 11 is 7.68. The quantitative estimate of drug-likeness (QED) is 0.663. The Labute approximate surface area is 114 Å². The molecule has 1 heterocycles. The van der Waals surface area contributed by atoms with Gasteiger partial charge in [0.1, 0.15) is 5.01 Å². The van der Waals surface area contributed by atoms with Gasteiger partial charge in [0, 0.05) is 16.3 Å². The zero-order chi connectivity index (χ0) is 12.7. The van der Waals surface area contributed by atoms with E-state index in [1.165, 1.54) is 0 Å². The van der Waals surface area contributed by atoms with Crippen LogP contribution in [0.4, 0.5) is 5.69 Å². The third kappa shape index (κ3) is 1.96. The van der Waals surface area contributed by atoms with E-state index in [1.807, 2.05) is 37.3 Å². The standard InChI is InChI=1S/C14H11ClN2S/c1-8-6-9(2-4-11(8)15)14-17-12-5-3-10(16)7-13(12)18-14/h2-7H,16H2,1H3. The van der Waals surface area contributed by atoms with Gasteiger partial charge < -0.3 is 5.73 Å². The Morgan fingerprint density at radius 3 is 2.78 bits per heavy atom. The van der Waals surface area contributed by atoms with Gasteiger partial charge in [0.25, 0.3) is 0 Å². The summed E-state index contributed by atoms with van der Waals surface area (Å²) in [6.07, 6.45) is 0. The van der Waals surface area contributed by atoms with Crippen LogP contribution in [0.15, 0.2) is 36.4 Å². The van der Waals surface area contributed by atoms with Gasteiger partial charge in [-0.15, -0.1) is 11.3 Å². The van der Waals surface area contributed by atoms with Crippen LogP contribution in [0.5, 0.6) is 0 Å². The number of hydrogen-bond donors (Lipinski definition) is 1. The summed E-state index contributed by atoms with van der Waals surface area (Å²) in [7, 11) is 0. The van der Waals surface area contributed by atoms with E-state index in [-0.39, 0.29) is 0 Å². The monoisotopic (exact) mass is 274 g/mol. The molecule has 2 nitrogen and oxygen atoms in total. The average Bonchev–Trinajstić information content (AvgIpc) is 2.75. The van der Waals surface area contributed by atoms with Crippen molar-refractivity contribution in [1.29, 1.82) is 0 Å². The minimum atomic E-state index is 0.769. The van der Waals surface area contributed by atoms with E-state index in [4.69, 9.17) is 17.3 Å². The van der Waals surface area contributed by atoms with E-state index in [2.05, 4.69) is 11.1 Å². The van der Waals surface area contributed by atoms with Crippen LogP contribution in [0.25, 0.3) is 20.8 Å². The van der Waals surface area contributed by atoms with Gasteiger partial charge in [-0.05, 0) is 42.8 Å². The summed E-state index contributed by atoms with van der Waals surface area (Å²) in [4.78, 5) is 4.61. The van der Waals surface area contributed by atoms with Crippen molar-refractivity contribution < 1.29 is 0 Å². The molecule has 0 spiro atoms. The van der Waals surface area contributed by atoms with Crippen LogP contribution in [-0.2, 0) is 0 Å². The predicted octanol–water partition coefficient (Wildman–Crippen LogP) is 4.51. The summed E-state index contributed by atoms with van der Waals surface area (Å²) in [5.41, 5.74) is 9.69. The van der Waals surface area contributed by atoms with Crippen LogP contribution in [0.1, 0.15) is 5.56 Å². The number of halogens is 1. The van der Waals surface area contributed by atoms with Crippen LogP contribution in [0.3, 0.4) is 0 Å². The molecule has 90 valence electrons. The van der Waals surface area contributed by atoms with Crippen LogP contribution < -0.4 is 5.73 Å². The Balaban J connectivity index is 2.16. The van der Waals surface area contributed by atoms with E-state index < -0.39 is 0 Å². The maximum atomic E-state index is 6.03. The fraction of sp³-hybridized carbons (Fsp3) is 0.0714. The molecular weight excluding hydrogens is 264 g/mol. The summed E-state index contributed by atoms with van der Waals surface area (Å²) in [6.45, 7) is 2.00. The van der Waals surface area contributed by atoms with Crippen molar-refractivity contribution in [2.24, 2.45) is 0 Å². The summed E-state index contributed by atoms with van der Waals surface area (Å²) in [5, 5.41) is 1.78. The molecule has 0 aliphatic carbocycles. The number of fused-ring (bicyclic) bond motifs is 1. The fourth-order valence-corrected chi connectivity index (χ4v) is 2.97. The largest absolute Gasteiger partial charge is 0.399 e. The number of aromatic nitrogens is 1. The van der Waals surface area contributed by atoms with Crippen molar-refractivity contribution >= 4 is 38.8 Å². The molecule has 1 aromatic heterocycles. The molecule has 4 heteroatoms. The molecule has 0 radical (unpaired) electrons. The highest BCUT2D eigenvalue weighted by atomic mass is 35.5. The van der Waals surface area contributed by atoms with E-state index in [9.17, 15) is 0 Å². The van der Waals surface area contributed by atoms with E-state index in [1.54, 1.807) is 11.3 Å². The lowest BCUT2D eigenvalue weighted by Crippen LogP contribution is -1.81. The molecule has 0 atom stereocenters. The zero-order valence-electron chi connectivity index (χ0n) is 9.77. The Bertz CT molecular complexity index is 734. The van der Waals surface area contributed by atoms with Crippen molar-refractivity contribution in [2.45, 2.75) is 6.92 Å². The molecule has 0 fully saturated rings. The number of nitrogens with two attached hydrogens (primary N) is 1. The predicted molar refractivity (Wildman–Crippen MR) is 79.2 cm³/mol. The number of benzene rings is 2. The first-order chi connectivity index (χ1) is 8.63. The summed E-state index contributed by atoms with van der Waals surface area (Å²) in [6, 6.07) is 11.7. The van der Waals surface area contributed by atoms with Crippen LogP contribution in [-0.4, -0.2) is 4.98 Å². The molecule has 0 amide bonds. The second-order valence-electron chi connectivity index (χ2n) is 4.21. The molecule has 2 aromatic carbocycles. The molecule has 0 saturated carbocycles. The van der Waals surface area contributed by atoms with Crippen molar-refractivity contribution in [1.82, 2.24) is 4.98 Å². The van der Waals surface area contributed by atoms with Gasteiger partial charge in [-0.3, -0.25) is 0 Å². The second-order valence-corrected chi connectivity index (χ2v) is 5.65. The molecular formula is C14H11ClN2S. The number of nitrogens with zero attached hydrogens (tertiary/aromatic N) is 1. The summed E-state index contributed by atoms with van der Waals surface area (Å²) < 4.78 is 1.11. The molecule has 3 aromatic rings. The number of hydrogen-bond acceptors (Lipinski definition) is 3. The first kappa shape index (κ1) is 11.5. The van der Waals surface area contributed by atoms with Crippen molar-refractivity contribution in [3.05, 3.63) is 47.0 Å². The Kier molecular flexibility index (Phi) is 2.73. The molecule has 0 bridgehead atoms. The van der Waals surface area contributed by atoms with Crippen molar-refractivity contribution in [3.8, 4) is 10.6 Å². The van der Waals surface area contributed by atoms with E-state index in [0.29, 0.717) is 0 Å². The third-order valence-electron chi connectivity index (χ3n) is 2.82. The minimum Gasteiger partial charge on any atom is -0.399 e. The van der Waals surface area contributed by atoms with Crippen LogP contribution >= 0.6 is 22.9 Å². The van der Waals surface area contributed by atoms with Gasteiger partial charge in [0.05, 0.1) is 10.2 Å². The lowest BCUT2D eigenvalue weighted by atomic mass is 10.1. The van der Waals surface area contributed by atoms with Gasteiger partial charge in [-0.25, -0.2) is 4.98 Å². The number of nitrogen functional groups attached to an aromatic ring is 1. The Morgan fingerprint density at radius 1 is 1.17 bits per heavy atom. The van der Waals surface area contributed by atoms with Gasteiger partial charge >= 0.3 is 0 Å². The number of thiazole rings is 1. The molecule has 0 unspecified atom stereocenters. The third-order valence-corrected chi connectivity index (χ3v) is 4.31. The SMILES string of the molecule is Cc1cc(-c2nc3ccc(N)cc3s2)ccc1Cl. The second kappa shape index (κ2) is 4.26. The fourth-order valence-electron chi connectivity index (χ4n) is 1.84. The lowest BCUT2D eigenvalue weighted by Gasteiger charge is -2.00. The van der Waals surface area contributed by atoms with Gasteiger partial charge in [-0.2, -0.15) is 0 Å². The topological polar surface area (TPSA) is 38.9 Å². The Morgan fingerprint density at radius 2 is 2.00 bits per heavy atom. The van der Waals surface area contributed by atoms with Crippen LogP contribution in [0, 0.1) is 6.92 Å². The molecule has 2 N–H and O–H groups in total. The molecule has 0 aliphatic heterocycles. The smallest absolute Gasteiger partial charge is 0.124 e. The van der Waals surface area contributed by atoms with Crippen molar-refractivity contribution in [2.75, 3.05) is 5.73 Å².